The number of sulfone groups is 1. The minimum absolute atomic E-state index is 0.0306. The molecule has 1 heterocycles. The van der Waals surface area contributed by atoms with E-state index in [2.05, 4.69) is 49.0 Å². The maximum Gasteiger partial charge on any atom is 0.231 e. The molecule has 1 aliphatic heterocycles. The van der Waals surface area contributed by atoms with Crippen LogP contribution in [-0.2, 0) is 0 Å². The third kappa shape index (κ3) is 10.4. The second kappa shape index (κ2) is 18.0. The SMILES string of the molecule is CCCCC1(CCCC)CS([O-])([O-])c2ccc(N(C)C)cc2C(c2ccc(OCCCCC[N+](C)(C)[C@H](Cl)[C@@H](Cl)[N+](C)(C)CC)cc2)C1O. The Kier molecular flexibility index (Phi) is 15.5. The highest BCUT2D eigenvalue weighted by atomic mass is 35.5. The lowest BCUT2D eigenvalue weighted by Gasteiger charge is -2.64. The number of aliphatic hydroxyl groups is 1. The zero-order chi connectivity index (χ0) is 36.6. The topological polar surface area (TPSA) is 78.8 Å². The van der Waals surface area contributed by atoms with E-state index >= 15 is 0 Å². The lowest BCUT2D eigenvalue weighted by molar-refractivity contribution is -0.962. The van der Waals surface area contributed by atoms with Gasteiger partial charge in [0.25, 0.3) is 0 Å². The molecule has 3 rings (SSSR count). The van der Waals surface area contributed by atoms with E-state index in [1.165, 1.54) is 0 Å². The van der Waals surface area contributed by atoms with E-state index in [0.717, 1.165) is 75.0 Å². The summed E-state index contributed by atoms with van der Waals surface area (Å²) in [6.45, 7) is 8.84. The van der Waals surface area contributed by atoms with Crippen molar-refractivity contribution < 1.29 is 27.9 Å². The Hall–Kier alpha value is -1.23. The number of fused-ring (bicyclic) bond motifs is 1. The summed E-state index contributed by atoms with van der Waals surface area (Å²) < 4.78 is 35.7. The zero-order valence-electron chi connectivity index (χ0n) is 31.7. The van der Waals surface area contributed by atoms with Crippen molar-refractivity contribution in [2.45, 2.75) is 106 Å². The molecule has 0 bridgehead atoms. The Labute approximate surface area is 310 Å². The maximum atomic E-state index is 14.1. The van der Waals surface area contributed by atoms with Crippen LogP contribution in [0.3, 0.4) is 0 Å². The number of anilines is 1. The average molecular weight is 743 g/mol. The second-order valence-electron chi connectivity index (χ2n) is 15.7. The van der Waals surface area contributed by atoms with E-state index in [9.17, 15) is 14.2 Å². The highest BCUT2D eigenvalue weighted by Gasteiger charge is 2.46. The molecule has 0 spiro atoms. The van der Waals surface area contributed by atoms with Crippen molar-refractivity contribution in [3.63, 3.8) is 0 Å². The number of rotatable bonds is 19. The van der Waals surface area contributed by atoms with E-state index in [1.807, 2.05) is 55.4 Å². The van der Waals surface area contributed by atoms with Crippen LogP contribution < -0.4 is 9.64 Å². The van der Waals surface area contributed by atoms with Crippen LogP contribution in [0.15, 0.2) is 47.4 Å². The van der Waals surface area contributed by atoms with Crippen molar-refractivity contribution in [2.24, 2.45) is 5.41 Å². The van der Waals surface area contributed by atoms with Crippen molar-refractivity contribution in [2.75, 3.05) is 72.6 Å². The molecule has 2 unspecified atom stereocenters. The molecule has 0 saturated carbocycles. The summed E-state index contributed by atoms with van der Waals surface area (Å²) in [5, 5.41) is 12.4. The number of hydrogen-bond donors (Lipinski definition) is 1. The highest BCUT2D eigenvalue weighted by molar-refractivity contribution is 8.24. The van der Waals surface area contributed by atoms with Crippen LogP contribution in [0, 0.1) is 5.41 Å². The van der Waals surface area contributed by atoms with Gasteiger partial charge < -0.3 is 43.4 Å². The third-order valence-corrected chi connectivity index (χ3v) is 14.6. The van der Waals surface area contributed by atoms with Gasteiger partial charge >= 0.3 is 0 Å². The minimum Gasteiger partial charge on any atom is -0.796 e. The molecule has 1 N–H and O–H groups in total. The van der Waals surface area contributed by atoms with Crippen LogP contribution >= 0.6 is 33.8 Å². The normalized spacial score (nSPS) is 20.9. The van der Waals surface area contributed by atoms with Crippen LogP contribution in [0.25, 0.3) is 0 Å². The number of quaternary nitrogens is 2. The molecule has 10 heteroatoms. The standard InChI is InChI=1S/C39H65Cl2N3O4S/c1-10-13-24-39(25-14-11-2)29-49(46,47)34-23-20-31(42(4)5)28-33(34)35(36(39)45)30-18-21-32(22-19-30)48-27-17-15-16-26-44(8,9)38(41)37(40)43(6,7)12-3/h18-23,28,35-38,45H,10-17,24-27,29H2,1-9H3/t35?,36?,37-,38-/m0/s1. The average Bonchev–Trinajstić information content (AvgIpc) is 3.13. The van der Waals surface area contributed by atoms with E-state index in [1.54, 1.807) is 6.07 Å². The summed E-state index contributed by atoms with van der Waals surface area (Å²) >= 11 is 13.7. The summed E-state index contributed by atoms with van der Waals surface area (Å²) in [5.74, 6) is 0.264. The lowest BCUT2D eigenvalue weighted by atomic mass is 9.68. The van der Waals surface area contributed by atoms with Crippen molar-refractivity contribution in [3.05, 3.63) is 53.6 Å². The molecule has 7 nitrogen and oxygen atoms in total. The molecule has 0 saturated heterocycles. The molecule has 1 aliphatic rings. The van der Waals surface area contributed by atoms with Gasteiger partial charge in [-0.25, -0.2) is 0 Å². The lowest BCUT2D eigenvalue weighted by Crippen LogP contribution is -2.60. The molecule has 4 atom stereocenters. The van der Waals surface area contributed by atoms with E-state index < -0.39 is 28.0 Å². The Bertz CT molecular complexity index is 1300. The predicted molar refractivity (Wildman–Crippen MR) is 207 cm³/mol. The van der Waals surface area contributed by atoms with Crippen molar-refractivity contribution in [1.29, 1.82) is 0 Å². The first kappa shape index (κ1) is 42.2. The molecule has 0 amide bonds. The van der Waals surface area contributed by atoms with E-state index in [0.29, 0.717) is 38.9 Å². The summed E-state index contributed by atoms with van der Waals surface area (Å²) in [4.78, 5) is 2.32. The number of nitrogens with zero attached hydrogens (tertiary/aromatic N) is 3. The van der Waals surface area contributed by atoms with Crippen LogP contribution in [0.5, 0.6) is 5.75 Å². The van der Waals surface area contributed by atoms with Crippen LogP contribution in [-0.4, -0.2) is 108 Å². The Morgan fingerprint density at radius 3 is 2.02 bits per heavy atom. The number of alkyl halides is 2. The molecule has 2 aromatic rings. The fourth-order valence-corrected chi connectivity index (χ4v) is 10.2. The molecule has 0 aliphatic carbocycles. The third-order valence-electron chi connectivity index (χ3n) is 10.9. The molecular weight excluding hydrogens is 677 g/mol. The van der Waals surface area contributed by atoms with Gasteiger partial charge in [-0.05, 0) is 91.1 Å². The highest BCUT2D eigenvalue weighted by Crippen LogP contribution is 2.62. The van der Waals surface area contributed by atoms with Gasteiger partial charge in [0, 0.05) is 31.1 Å². The van der Waals surface area contributed by atoms with Gasteiger partial charge in [0.1, 0.15) is 5.75 Å². The largest absolute Gasteiger partial charge is 0.796 e. The van der Waals surface area contributed by atoms with E-state index in [-0.39, 0.29) is 16.8 Å². The van der Waals surface area contributed by atoms with Crippen LogP contribution in [0.2, 0.25) is 0 Å². The van der Waals surface area contributed by atoms with Crippen LogP contribution in [0.1, 0.15) is 95.6 Å². The fraction of sp³-hybridized carbons (Fsp3) is 0.692. The summed E-state index contributed by atoms with van der Waals surface area (Å²) in [7, 11) is 8.81. The molecule has 280 valence electrons. The first-order chi connectivity index (χ1) is 23.0. The zero-order valence-corrected chi connectivity index (χ0v) is 34.0. The molecule has 49 heavy (non-hydrogen) atoms. The van der Waals surface area contributed by atoms with Gasteiger partial charge in [-0.1, -0.05) is 74.9 Å². The monoisotopic (exact) mass is 741 g/mol. The number of hydrogen-bond acceptors (Lipinski definition) is 5. The van der Waals surface area contributed by atoms with E-state index in [4.69, 9.17) is 27.9 Å². The molecule has 0 fully saturated rings. The predicted octanol–water partition coefficient (Wildman–Crippen LogP) is 8.90. The van der Waals surface area contributed by atoms with Crippen LogP contribution in [0.4, 0.5) is 5.69 Å². The molecular formula is C39H65Cl2N3O4S. The summed E-state index contributed by atoms with van der Waals surface area (Å²) in [6, 6.07) is 13.5. The van der Waals surface area contributed by atoms with Gasteiger partial charge in [-0.3, -0.25) is 0 Å². The number of halogens is 2. The van der Waals surface area contributed by atoms with Gasteiger partial charge in [0.2, 0.25) is 11.0 Å². The summed E-state index contributed by atoms with van der Waals surface area (Å²) in [5.41, 5.74) is 1.41. The Morgan fingerprint density at radius 2 is 1.47 bits per heavy atom. The first-order valence-corrected chi connectivity index (χ1v) is 20.9. The number of ether oxygens (including phenoxy) is 1. The Morgan fingerprint density at radius 1 is 0.878 bits per heavy atom. The summed E-state index contributed by atoms with van der Waals surface area (Å²) in [6.07, 6.45) is 7.13. The van der Waals surface area contributed by atoms with Crippen molar-refractivity contribution >= 4 is 39.5 Å². The van der Waals surface area contributed by atoms with Crippen molar-refractivity contribution in [1.82, 2.24) is 0 Å². The number of aliphatic hydroxyl groups excluding tert-OH is 1. The number of benzene rings is 2. The maximum absolute atomic E-state index is 14.1. The smallest absolute Gasteiger partial charge is 0.231 e. The quantitative estimate of drug-likeness (QED) is 0.0674. The molecule has 0 aromatic heterocycles. The fourth-order valence-electron chi connectivity index (χ4n) is 7.11. The number of unbranched alkanes of at least 4 members (excludes halogenated alkanes) is 4. The van der Waals surface area contributed by atoms with Gasteiger partial charge in [-0.15, -0.1) is 0 Å². The van der Waals surface area contributed by atoms with Gasteiger partial charge in [0.15, 0.2) is 0 Å². The van der Waals surface area contributed by atoms with Gasteiger partial charge in [-0.2, -0.15) is 0 Å². The minimum atomic E-state index is -3.64. The number of likely N-dealkylation sites (N-methyl/N-ethyl adjacent to an activating group) is 2. The van der Waals surface area contributed by atoms with Gasteiger partial charge in [0.05, 0.1) is 54.0 Å². The molecule has 2 aromatic carbocycles. The first-order valence-electron chi connectivity index (χ1n) is 18.3. The second-order valence-corrected chi connectivity index (χ2v) is 18.5. The Balaban J connectivity index is 1.78. The molecule has 0 radical (unpaired) electrons. The van der Waals surface area contributed by atoms with Crippen molar-refractivity contribution in [3.8, 4) is 5.75 Å².